The Morgan fingerprint density at radius 2 is 1.21 bits per heavy atom. The molecule has 0 aliphatic rings. The molecule has 0 spiro atoms. The van der Waals surface area contributed by atoms with Crippen molar-refractivity contribution in [2.45, 2.75) is 13.0 Å². The number of carbonyl (C=O) groups is 2. The monoisotopic (exact) mass is 442 g/mol. The Morgan fingerprint density at radius 3 is 1.79 bits per heavy atom. The van der Waals surface area contributed by atoms with Gasteiger partial charge in [-0.2, -0.15) is 0 Å². The minimum absolute atomic E-state index is 0.173. The SMILES string of the molecule is Nc1ccc(CCOC(=O)/C=C/c2cccc(/C=C/C(=O)OCc3ccc(N)cc3)c2)cc1. The summed E-state index contributed by atoms with van der Waals surface area (Å²) in [4.78, 5) is 23.9. The van der Waals surface area contributed by atoms with E-state index in [0.29, 0.717) is 17.8 Å². The molecule has 0 fully saturated rings. The molecule has 4 N–H and O–H groups in total. The van der Waals surface area contributed by atoms with Crippen molar-refractivity contribution in [2.75, 3.05) is 18.1 Å². The molecule has 0 aliphatic carbocycles. The first kappa shape index (κ1) is 23.3. The zero-order chi connectivity index (χ0) is 23.5. The zero-order valence-electron chi connectivity index (χ0n) is 18.1. The van der Waals surface area contributed by atoms with E-state index in [-0.39, 0.29) is 13.2 Å². The molecule has 3 aromatic carbocycles. The highest BCUT2D eigenvalue weighted by molar-refractivity contribution is 5.88. The summed E-state index contributed by atoms with van der Waals surface area (Å²) in [6.45, 7) is 0.459. The summed E-state index contributed by atoms with van der Waals surface area (Å²) in [5.74, 6) is -0.866. The van der Waals surface area contributed by atoms with Gasteiger partial charge in [0.25, 0.3) is 0 Å². The molecule has 0 saturated carbocycles. The summed E-state index contributed by atoms with van der Waals surface area (Å²) < 4.78 is 10.5. The second kappa shape index (κ2) is 11.9. The van der Waals surface area contributed by atoms with Gasteiger partial charge in [-0.3, -0.25) is 0 Å². The molecule has 3 rings (SSSR count). The maximum absolute atomic E-state index is 12.0. The van der Waals surface area contributed by atoms with Crippen molar-refractivity contribution >= 4 is 35.5 Å². The fraction of sp³-hybridized carbons (Fsp3) is 0.111. The minimum atomic E-state index is -0.447. The molecule has 6 heteroatoms. The summed E-state index contributed by atoms with van der Waals surface area (Å²) in [6, 6.07) is 22.0. The van der Waals surface area contributed by atoms with E-state index in [1.807, 2.05) is 60.7 Å². The van der Waals surface area contributed by atoms with Gasteiger partial charge in [-0.15, -0.1) is 0 Å². The second-order valence-electron chi connectivity index (χ2n) is 7.35. The molecule has 0 amide bonds. The maximum Gasteiger partial charge on any atom is 0.331 e. The lowest BCUT2D eigenvalue weighted by molar-refractivity contribution is -0.139. The highest BCUT2D eigenvalue weighted by atomic mass is 16.5. The summed E-state index contributed by atoms with van der Waals surface area (Å²) in [7, 11) is 0. The van der Waals surface area contributed by atoms with Gasteiger partial charge in [-0.1, -0.05) is 42.5 Å². The number of esters is 2. The van der Waals surface area contributed by atoms with E-state index in [0.717, 1.165) is 22.3 Å². The van der Waals surface area contributed by atoms with Gasteiger partial charge in [0.15, 0.2) is 0 Å². The average Bonchev–Trinajstić information content (AvgIpc) is 2.82. The first-order chi connectivity index (χ1) is 16.0. The normalized spacial score (nSPS) is 11.0. The smallest absolute Gasteiger partial charge is 0.331 e. The topological polar surface area (TPSA) is 105 Å². The van der Waals surface area contributed by atoms with Crippen LogP contribution in [0.15, 0.2) is 84.9 Å². The van der Waals surface area contributed by atoms with E-state index in [4.69, 9.17) is 20.9 Å². The van der Waals surface area contributed by atoms with Crippen LogP contribution in [-0.2, 0) is 32.1 Å². The summed E-state index contributed by atoms with van der Waals surface area (Å²) in [5.41, 5.74) is 16.2. The number of hydrogen-bond acceptors (Lipinski definition) is 6. The quantitative estimate of drug-likeness (QED) is 0.289. The Morgan fingerprint density at radius 1 is 0.697 bits per heavy atom. The van der Waals surface area contributed by atoms with Crippen LogP contribution in [0.4, 0.5) is 11.4 Å². The molecule has 0 aliphatic heterocycles. The lowest BCUT2D eigenvalue weighted by Crippen LogP contribution is -2.04. The van der Waals surface area contributed by atoms with E-state index in [9.17, 15) is 9.59 Å². The molecule has 3 aromatic rings. The van der Waals surface area contributed by atoms with E-state index >= 15 is 0 Å². The molecule has 0 bridgehead atoms. The fourth-order valence-electron chi connectivity index (χ4n) is 2.91. The Balaban J connectivity index is 1.45. The molecule has 168 valence electrons. The van der Waals surface area contributed by atoms with Crippen LogP contribution in [0.3, 0.4) is 0 Å². The molecule has 0 saturated heterocycles. The van der Waals surface area contributed by atoms with Crippen molar-refractivity contribution in [2.24, 2.45) is 0 Å². The number of benzene rings is 3. The third-order valence-electron chi connectivity index (χ3n) is 4.71. The molecule has 0 aromatic heterocycles. The van der Waals surface area contributed by atoms with Crippen molar-refractivity contribution < 1.29 is 19.1 Å². The lowest BCUT2D eigenvalue weighted by atomic mass is 10.1. The number of carbonyl (C=O) groups excluding carboxylic acids is 2. The van der Waals surface area contributed by atoms with Crippen LogP contribution >= 0.6 is 0 Å². The highest BCUT2D eigenvalue weighted by Crippen LogP contribution is 2.11. The van der Waals surface area contributed by atoms with Gasteiger partial charge in [0.05, 0.1) is 6.61 Å². The number of rotatable bonds is 9. The van der Waals surface area contributed by atoms with Crippen LogP contribution < -0.4 is 11.5 Å². The first-order valence-electron chi connectivity index (χ1n) is 10.5. The van der Waals surface area contributed by atoms with Crippen LogP contribution in [0, 0.1) is 0 Å². The number of anilines is 2. The molecule has 0 unspecified atom stereocenters. The van der Waals surface area contributed by atoms with Crippen molar-refractivity contribution in [1.29, 1.82) is 0 Å². The van der Waals surface area contributed by atoms with E-state index in [1.165, 1.54) is 12.2 Å². The molecule has 0 radical (unpaired) electrons. The van der Waals surface area contributed by atoms with Crippen LogP contribution in [0.25, 0.3) is 12.2 Å². The Kier molecular flexibility index (Phi) is 8.42. The Labute approximate surface area is 193 Å². The Bertz CT molecular complexity index is 1130. The second-order valence-corrected chi connectivity index (χ2v) is 7.35. The molecular weight excluding hydrogens is 416 g/mol. The summed E-state index contributed by atoms with van der Waals surface area (Å²) >= 11 is 0. The molecule has 0 atom stereocenters. The number of ether oxygens (including phenoxy) is 2. The van der Waals surface area contributed by atoms with Crippen molar-refractivity contribution in [3.05, 3.63) is 107 Å². The molecule has 6 nitrogen and oxygen atoms in total. The zero-order valence-corrected chi connectivity index (χ0v) is 18.1. The minimum Gasteiger partial charge on any atom is -0.462 e. The average molecular weight is 443 g/mol. The van der Waals surface area contributed by atoms with Crippen LogP contribution in [0.2, 0.25) is 0 Å². The van der Waals surface area contributed by atoms with Gasteiger partial charge >= 0.3 is 11.9 Å². The fourth-order valence-corrected chi connectivity index (χ4v) is 2.91. The van der Waals surface area contributed by atoms with Crippen molar-refractivity contribution in [3.8, 4) is 0 Å². The van der Waals surface area contributed by atoms with Gasteiger partial charge in [0.1, 0.15) is 6.61 Å². The maximum atomic E-state index is 12.0. The standard InChI is InChI=1S/C27H26N2O4/c28-24-10-4-20(5-11-24)16-17-32-26(30)14-8-21-2-1-3-22(18-21)9-15-27(31)33-19-23-6-12-25(29)13-7-23/h1-15,18H,16-17,19,28-29H2/b14-8+,15-9+. The van der Waals surface area contributed by atoms with E-state index < -0.39 is 11.9 Å². The molecular formula is C27H26N2O4. The first-order valence-corrected chi connectivity index (χ1v) is 10.5. The van der Waals surface area contributed by atoms with Crippen molar-refractivity contribution in [1.82, 2.24) is 0 Å². The highest BCUT2D eigenvalue weighted by Gasteiger charge is 2.01. The van der Waals surface area contributed by atoms with Gasteiger partial charge in [0, 0.05) is 29.9 Å². The lowest BCUT2D eigenvalue weighted by Gasteiger charge is -2.03. The van der Waals surface area contributed by atoms with Gasteiger partial charge in [0.2, 0.25) is 0 Å². The number of nitrogen functional groups attached to an aromatic ring is 2. The van der Waals surface area contributed by atoms with Crippen LogP contribution in [0.5, 0.6) is 0 Å². The predicted molar refractivity (Wildman–Crippen MR) is 131 cm³/mol. The largest absolute Gasteiger partial charge is 0.462 e. The van der Waals surface area contributed by atoms with Gasteiger partial charge in [-0.25, -0.2) is 9.59 Å². The van der Waals surface area contributed by atoms with Crippen LogP contribution in [-0.4, -0.2) is 18.5 Å². The Hall–Kier alpha value is -4.32. The van der Waals surface area contributed by atoms with E-state index in [1.54, 1.807) is 24.3 Å². The summed E-state index contributed by atoms with van der Waals surface area (Å²) in [5, 5.41) is 0. The number of hydrogen-bond donors (Lipinski definition) is 2. The third-order valence-corrected chi connectivity index (χ3v) is 4.71. The summed E-state index contributed by atoms with van der Waals surface area (Å²) in [6.07, 6.45) is 6.70. The van der Waals surface area contributed by atoms with E-state index in [2.05, 4.69) is 0 Å². The van der Waals surface area contributed by atoms with Crippen molar-refractivity contribution in [3.63, 3.8) is 0 Å². The van der Waals surface area contributed by atoms with Gasteiger partial charge in [-0.05, 0) is 64.7 Å². The number of nitrogens with two attached hydrogens (primary N) is 2. The molecule has 33 heavy (non-hydrogen) atoms. The van der Waals surface area contributed by atoms with Gasteiger partial charge < -0.3 is 20.9 Å². The third kappa shape index (κ3) is 8.38. The molecule has 0 heterocycles. The predicted octanol–water partition coefficient (Wildman–Crippen LogP) is 4.41. The van der Waals surface area contributed by atoms with Crippen LogP contribution in [0.1, 0.15) is 22.3 Å².